The van der Waals surface area contributed by atoms with Crippen LogP contribution in [0.2, 0.25) is 0 Å². The third-order valence-electron chi connectivity index (χ3n) is 4.83. The van der Waals surface area contributed by atoms with E-state index in [-0.39, 0.29) is 17.7 Å². The summed E-state index contributed by atoms with van der Waals surface area (Å²) in [6.07, 6.45) is 4.52. The summed E-state index contributed by atoms with van der Waals surface area (Å²) in [4.78, 5) is 14.8. The lowest BCUT2D eigenvalue weighted by molar-refractivity contribution is 0.0880. The number of carbonyl (C=O) groups is 1. The van der Waals surface area contributed by atoms with Gasteiger partial charge in [0.25, 0.3) is 5.91 Å². The molecule has 0 spiro atoms. The Hall–Kier alpha value is -1.55. The number of piperidine rings is 1. The molecule has 1 unspecified atom stereocenters. The van der Waals surface area contributed by atoms with Crippen molar-refractivity contribution in [3.63, 3.8) is 0 Å². The highest BCUT2D eigenvalue weighted by atomic mass is 16.3. The fraction of sp³-hybridized carbons (Fsp3) is 0.562. The summed E-state index contributed by atoms with van der Waals surface area (Å²) >= 11 is 0. The largest absolute Gasteiger partial charge is 0.507 e. The van der Waals surface area contributed by atoms with Crippen molar-refractivity contribution in [3.05, 3.63) is 29.3 Å². The van der Waals surface area contributed by atoms with E-state index in [2.05, 4.69) is 17.3 Å². The van der Waals surface area contributed by atoms with Gasteiger partial charge in [-0.2, -0.15) is 0 Å². The molecular formula is C16H22N2O2. The minimum atomic E-state index is -0.153. The normalized spacial score (nSPS) is 29.4. The second-order valence-electron chi connectivity index (χ2n) is 6.21. The Labute approximate surface area is 119 Å². The summed E-state index contributed by atoms with van der Waals surface area (Å²) < 4.78 is 0. The molecule has 2 fully saturated rings. The van der Waals surface area contributed by atoms with Crippen LogP contribution in [-0.4, -0.2) is 41.1 Å². The molecule has 2 heterocycles. The van der Waals surface area contributed by atoms with Gasteiger partial charge in [-0.25, -0.2) is 0 Å². The molecule has 1 aromatic rings. The van der Waals surface area contributed by atoms with Gasteiger partial charge in [0.05, 0.1) is 5.56 Å². The zero-order valence-electron chi connectivity index (χ0n) is 12.1. The molecule has 0 aliphatic carbocycles. The van der Waals surface area contributed by atoms with Gasteiger partial charge < -0.3 is 15.3 Å². The van der Waals surface area contributed by atoms with Crippen molar-refractivity contribution in [1.29, 1.82) is 0 Å². The summed E-state index contributed by atoms with van der Waals surface area (Å²) in [6.45, 7) is 1.92. The van der Waals surface area contributed by atoms with Crippen LogP contribution in [0.1, 0.15) is 41.6 Å². The number of phenolic OH excluding ortho intramolecular Hbond substituents is 1. The molecule has 2 aliphatic heterocycles. The number of phenols is 1. The van der Waals surface area contributed by atoms with Crippen LogP contribution in [-0.2, 0) is 0 Å². The average molecular weight is 274 g/mol. The molecule has 0 radical (unpaired) electrons. The molecule has 0 saturated carbocycles. The number of rotatable bonds is 2. The van der Waals surface area contributed by atoms with Crippen molar-refractivity contribution in [2.24, 2.45) is 0 Å². The Morgan fingerprint density at radius 1 is 1.30 bits per heavy atom. The molecule has 3 rings (SSSR count). The number of carbonyl (C=O) groups excluding carboxylic acids is 1. The molecule has 2 aliphatic rings. The van der Waals surface area contributed by atoms with E-state index in [1.807, 2.05) is 13.0 Å². The molecule has 2 N–H and O–H groups in total. The lowest BCUT2D eigenvalue weighted by Gasteiger charge is -2.36. The lowest BCUT2D eigenvalue weighted by Crippen LogP contribution is -2.48. The maximum atomic E-state index is 12.3. The Balaban J connectivity index is 1.69. The number of hydrogen-bond acceptors (Lipinski definition) is 3. The van der Waals surface area contributed by atoms with Gasteiger partial charge in [-0.3, -0.25) is 4.79 Å². The average Bonchev–Trinajstić information content (AvgIpc) is 2.64. The number of hydrogen-bond donors (Lipinski definition) is 2. The lowest BCUT2D eigenvalue weighted by atomic mass is 9.97. The highest BCUT2D eigenvalue weighted by Crippen LogP contribution is 2.34. The molecule has 108 valence electrons. The van der Waals surface area contributed by atoms with E-state index >= 15 is 0 Å². The van der Waals surface area contributed by atoms with Gasteiger partial charge in [-0.1, -0.05) is 11.6 Å². The summed E-state index contributed by atoms with van der Waals surface area (Å²) in [5.41, 5.74) is 1.37. The van der Waals surface area contributed by atoms with Gasteiger partial charge in [0.15, 0.2) is 0 Å². The third kappa shape index (κ3) is 2.40. The van der Waals surface area contributed by atoms with Crippen LogP contribution >= 0.6 is 0 Å². The number of nitrogens with one attached hydrogen (secondary N) is 1. The van der Waals surface area contributed by atoms with E-state index in [9.17, 15) is 9.90 Å². The molecule has 20 heavy (non-hydrogen) atoms. The van der Waals surface area contributed by atoms with Crippen molar-refractivity contribution >= 4 is 5.91 Å². The van der Waals surface area contributed by atoms with Crippen LogP contribution in [0, 0.1) is 6.92 Å². The number of aromatic hydroxyl groups is 1. The first kappa shape index (κ1) is 13.4. The first-order valence-electron chi connectivity index (χ1n) is 7.37. The highest BCUT2D eigenvalue weighted by molar-refractivity contribution is 5.97. The van der Waals surface area contributed by atoms with Gasteiger partial charge >= 0.3 is 0 Å². The Bertz CT molecular complexity index is 515. The zero-order chi connectivity index (χ0) is 14.3. The monoisotopic (exact) mass is 274 g/mol. The third-order valence-corrected chi connectivity index (χ3v) is 4.83. The van der Waals surface area contributed by atoms with Crippen LogP contribution < -0.4 is 5.32 Å². The molecule has 2 saturated heterocycles. The molecule has 3 atom stereocenters. The zero-order valence-corrected chi connectivity index (χ0v) is 12.1. The van der Waals surface area contributed by atoms with Crippen LogP contribution in [0.15, 0.2) is 18.2 Å². The topological polar surface area (TPSA) is 52.6 Å². The SMILES string of the molecule is Cc1ccc(O)c(C(=O)NC2C[C@H]3CC[C@@H](C2)N3C)c1. The number of nitrogens with zero attached hydrogens (tertiary/aromatic N) is 1. The highest BCUT2D eigenvalue weighted by Gasteiger charge is 2.38. The fourth-order valence-electron chi connectivity index (χ4n) is 3.62. The van der Waals surface area contributed by atoms with E-state index in [1.165, 1.54) is 12.8 Å². The van der Waals surface area contributed by atoms with E-state index < -0.39 is 0 Å². The first-order chi connectivity index (χ1) is 9.54. The first-order valence-corrected chi connectivity index (χ1v) is 7.37. The standard InChI is InChI=1S/C16H22N2O2/c1-10-3-6-15(19)14(7-10)16(20)17-11-8-12-4-5-13(9-11)18(12)2/h3,6-7,11-13,19H,4-5,8-9H2,1-2H3,(H,17,20)/t11?,12-,13+. The number of fused-ring (bicyclic) bond motifs is 2. The smallest absolute Gasteiger partial charge is 0.255 e. The van der Waals surface area contributed by atoms with Crippen molar-refractivity contribution in [2.75, 3.05) is 7.05 Å². The maximum absolute atomic E-state index is 12.3. The van der Waals surface area contributed by atoms with Gasteiger partial charge in [0.2, 0.25) is 0 Å². The van der Waals surface area contributed by atoms with Gasteiger partial charge in [0.1, 0.15) is 5.75 Å². The molecule has 1 amide bonds. The molecule has 2 bridgehead atoms. The minimum absolute atomic E-state index is 0.0593. The van der Waals surface area contributed by atoms with Crippen LogP contribution in [0.3, 0.4) is 0 Å². The van der Waals surface area contributed by atoms with Crippen LogP contribution in [0.4, 0.5) is 0 Å². The Morgan fingerprint density at radius 2 is 1.95 bits per heavy atom. The number of benzene rings is 1. The fourth-order valence-corrected chi connectivity index (χ4v) is 3.62. The van der Waals surface area contributed by atoms with Crippen molar-refractivity contribution in [1.82, 2.24) is 10.2 Å². The Kier molecular flexibility index (Phi) is 3.42. The summed E-state index contributed by atoms with van der Waals surface area (Å²) in [5.74, 6) is -0.0934. The van der Waals surface area contributed by atoms with E-state index in [0.29, 0.717) is 17.6 Å². The molecule has 4 heteroatoms. The van der Waals surface area contributed by atoms with Gasteiger partial charge in [-0.15, -0.1) is 0 Å². The molecule has 0 aromatic heterocycles. The van der Waals surface area contributed by atoms with Crippen molar-refractivity contribution < 1.29 is 9.90 Å². The van der Waals surface area contributed by atoms with Crippen molar-refractivity contribution in [3.8, 4) is 5.75 Å². The number of aryl methyl sites for hydroxylation is 1. The quantitative estimate of drug-likeness (QED) is 0.868. The molecule has 4 nitrogen and oxygen atoms in total. The molecule has 1 aromatic carbocycles. The summed E-state index contributed by atoms with van der Waals surface area (Å²) in [6, 6.07) is 6.57. The van der Waals surface area contributed by atoms with Crippen LogP contribution in [0.5, 0.6) is 5.75 Å². The maximum Gasteiger partial charge on any atom is 0.255 e. The molecular weight excluding hydrogens is 252 g/mol. The van der Waals surface area contributed by atoms with Gasteiger partial charge in [-0.05, 0) is 51.8 Å². The second kappa shape index (κ2) is 5.09. The van der Waals surface area contributed by atoms with E-state index in [0.717, 1.165) is 18.4 Å². The predicted molar refractivity (Wildman–Crippen MR) is 77.9 cm³/mol. The predicted octanol–water partition coefficient (Wildman–Crippen LogP) is 2.06. The van der Waals surface area contributed by atoms with Gasteiger partial charge in [0, 0.05) is 18.1 Å². The summed E-state index contributed by atoms with van der Waals surface area (Å²) in [7, 11) is 2.19. The second-order valence-corrected chi connectivity index (χ2v) is 6.21. The van der Waals surface area contributed by atoms with E-state index in [1.54, 1.807) is 12.1 Å². The van der Waals surface area contributed by atoms with E-state index in [4.69, 9.17) is 0 Å². The number of amides is 1. The van der Waals surface area contributed by atoms with Crippen LogP contribution in [0.25, 0.3) is 0 Å². The summed E-state index contributed by atoms with van der Waals surface area (Å²) in [5, 5.41) is 12.9. The Morgan fingerprint density at radius 3 is 2.60 bits per heavy atom. The van der Waals surface area contributed by atoms with Crippen molar-refractivity contribution in [2.45, 2.75) is 50.7 Å². The minimum Gasteiger partial charge on any atom is -0.507 e.